The number of carbonyl (C=O) groups is 5. The molecular formula is C38H44O9. The lowest BCUT2D eigenvalue weighted by atomic mass is 9.75. The van der Waals surface area contributed by atoms with Crippen molar-refractivity contribution in [3.63, 3.8) is 0 Å². The average molecular weight is 645 g/mol. The fourth-order valence-electron chi connectivity index (χ4n) is 6.63. The van der Waals surface area contributed by atoms with E-state index in [2.05, 4.69) is 0 Å². The number of ketones is 1. The van der Waals surface area contributed by atoms with E-state index in [1.54, 1.807) is 99.7 Å². The Morgan fingerprint density at radius 2 is 1.34 bits per heavy atom. The van der Waals surface area contributed by atoms with Crippen molar-refractivity contribution in [1.29, 1.82) is 0 Å². The molecule has 9 nitrogen and oxygen atoms in total. The Morgan fingerprint density at radius 3 is 1.87 bits per heavy atom. The number of carbonyl (C=O) groups excluding carboxylic acids is 5. The fourth-order valence-corrected chi connectivity index (χ4v) is 6.63. The number of fused-ring (bicyclic) bond motifs is 1. The van der Waals surface area contributed by atoms with Gasteiger partial charge >= 0.3 is 23.9 Å². The Balaban J connectivity index is 1.92. The van der Waals surface area contributed by atoms with E-state index in [1.807, 2.05) is 13.8 Å². The number of Topliss-reactive ketones (excluding diaryl/α,β-unsaturated/α-hetero) is 1. The summed E-state index contributed by atoms with van der Waals surface area (Å²) in [5, 5.41) is 0. The fraction of sp³-hybridized carbons (Fsp3) is 0.447. The van der Waals surface area contributed by atoms with Crippen molar-refractivity contribution in [2.45, 2.75) is 85.2 Å². The molecule has 2 aromatic rings. The Morgan fingerprint density at radius 1 is 0.787 bits per heavy atom. The second-order valence-electron chi connectivity index (χ2n) is 13.3. The van der Waals surface area contributed by atoms with Crippen LogP contribution in [0.4, 0.5) is 0 Å². The summed E-state index contributed by atoms with van der Waals surface area (Å²) in [6.45, 7) is 11.5. The lowest BCUT2D eigenvalue weighted by Crippen LogP contribution is -2.55. The van der Waals surface area contributed by atoms with Crippen LogP contribution >= 0.6 is 0 Å². The first-order valence-corrected chi connectivity index (χ1v) is 15.9. The van der Waals surface area contributed by atoms with Gasteiger partial charge in [-0.15, -0.1) is 0 Å². The van der Waals surface area contributed by atoms with Gasteiger partial charge in [0, 0.05) is 31.6 Å². The molecule has 1 saturated carbocycles. The van der Waals surface area contributed by atoms with E-state index in [0.717, 1.165) is 0 Å². The molecule has 0 aliphatic heterocycles. The highest BCUT2D eigenvalue weighted by molar-refractivity contribution is 5.91. The minimum Gasteiger partial charge on any atom is -0.458 e. The highest BCUT2D eigenvalue weighted by Gasteiger charge is 2.62. The standard InChI is InChI=1S/C38H44O9/c1-23-18-19-37(6,7)32(41)21-31(45-35(42)28-14-10-8-11-15-28)24(2)20-30-33(46-36(43)29-16-12-9-13-17-29)25(3)22-38(30,47-27(5)40)34(23)44-26(4)39/h8-20,23,25,30-31,33-34H,21-22H2,1-7H3/b19-18+,24-20+/t23-,25-,30+,31-,33+,34-,38-/m1/s1. The van der Waals surface area contributed by atoms with Crippen molar-refractivity contribution >= 4 is 29.7 Å². The third-order valence-corrected chi connectivity index (χ3v) is 9.07. The molecular weight excluding hydrogens is 600 g/mol. The summed E-state index contributed by atoms with van der Waals surface area (Å²) < 4.78 is 24.4. The number of hydrogen-bond acceptors (Lipinski definition) is 9. The number of rotatable bonds is 6. The quantitative estimate of drug-likeness (QED) is 0.198. The molecule has 2 aromatic carbocycles. The molecule has 4 rings (SSSR count). The second kappa shape index (κ2) is 14.5. The molecule has 0 bridgehead atoms. The molecule has 0 saturated heterocycles. The molecule has 0 heterocycles. The summed E-state index contributed by atoms with van der Waals surface area (Å²) in [6.07, 6.45) is 2.49. The monoisotopic (exact) mass is 644 g/mol. The summed E-state index contributed by atoms with van der Waals surface area (Å²) >= 11 is 0. The minimum atomic E-state index is -1.48. The van der Waals surface area contributed by atoms with Crippen molar-refractivity contribution in [2.75, 3.05) is 0 Å². The van der Waals surface area contributed by atoms with Gasteiger partial charge in [-0.3, -0.25) is 14.4 Å². The number of allylic oxidation sites excluding steroid dienone is 1. The van der Waals surface area contributed by atoms with Crippen molar-refractivity contribution in [1.82, 2.24) is 0 Å². The lowest BCUT2D eigenvalue weighted by molar-refractivity contribution is -0.195. The van der Waals surface area contributed by atoms with Crippen LogP contribution in [0.1, 0.15) is 82.0 Å². The Labute approximate surface area is 276 Å². The van der Waals surface area contributed by atoms with Gasteiger partial charge in [0.25, 0.3) is 0 Å². The van der Waals surface area contributed by atoms with Crippen LogP contribution in [0.25, 0.3) is 0 Å². The van der Waals surface area contributed by atoms with Crippen molar-refractivity contribution in [3.8, 4) is 0 Å². The van der Waals surface area contributed by atoms with Crippen molar-refractivity contribution in [2.24, 2.45) is 23.2 Å². The van der Waals surface area contributed by atoms with E-state index in [-0.39, 0.29) is 24.5 Å². The maximum Gasteiger partial charge on any atom is 0.338 e. The largest absolute Gasteiger partial charge is 0.458 e. The van der Waals surface area contributed by atoms with Crippen LogP contribution in [0, 0.1) is 23.2 Å². The Bertz CT molecular complexity index is 1540. The Kier molecular flexibility index (Phi) is 10.9. The summed E-state index contributed by atoms with van der Waals surface area (Å²) in [6, 6.07) is 17.0. The van der Waals surface area contributed by atoms with E-state index in [4.69, 9.17) is 18.9 Å². The first-order chi connectivity index (χ1) is 22.1. The minimum absolute atomic E-state index is 0.128. The normalized spacial score (nSPS) is 30.6. The third-order valence-electron chi connectivity index (χ3n) is 9.07. The van der Waals surface area contributed by atoms with Crippen LogP contribution in [0.15, 0.2) is 84.5 Å². The summed E-state index contributed by atoms with van der Waals surface area (Å²) in [4.78, 5) is 66.0. The number of benzene rings is 2. The van der Waals surface area contributed by atoms with Gasteiger partial charge in [0.2, 0.25) is 0 Å². The van der Waals surface area contributed by atoms with Gasteiger partial charge in [-0.05, 0) is 62.9 Å². The van der Waals surface area contributed by atoms with E-state index < -0.39 is 65.0 Å². The maximum absolute atomic E-state index is 13.8. The molecule has 2 aliphatic carbocycles. The van der Waals surface area contributed by atoms with Crippen LogP contribution < -0.4 is 0 Å². The molecule has 0 amide bonds. The van der Waals surface area contributed by atoms with Gasteiger partial charge in [-0.2, -0.15) is 0 Å². The molecule has 0 radical (unpaired) electrons. The van der Waals surface area contributed by atoms with Gasteiger partial charge in [-0.1, -0.05) is 68.5 Å². The Hall–Kier alpha value is -4.53. The SMILES string of the molecule is CC(=O)O[C@@H]1[C@H](C)/C=C/C(C)(C)C(=O)C[C@@H](OC(=O)c2ccccc2)/C(C)=C/[C@H]2[C@@H](OC(=O)c3ccccc3)[C@H](C)C[C@]12OC(C)=O. The molecule has 0 spiro atoms. The highest BCUT2D eigenvalue weighted by atomic mass is 16.6. The van der Waals surface area contributed by atoms with Crippen LogP contribution in [0.2, 0.25) is 0 Å². The van der Waals surface area contributed by atoms with Crippen LogP contribution in [-0.4, -0.2) is 53.6 Å². The lowest BCUT2D eigenvalue weighted by Gasteiger charge is -2.43. The third kappa shape index (κ3) is 8.07. The maximum atomic E-state index is 13.8. The van der Waals surface area contributed by atoms with E-state index in [9.17, 15) is 24.0 Å². The molecule has 0 unspecified atom stereocenters. The van der Waals surface area contributed by atoms with Crippen LogP contribution in [0.5, 0.6) is 0 Å². The molecule has 9 heteroatoms. The second-order valence-corrected chi connectivity index (χ2v) is 13.3. The van der Waals surface area contributed by atoms with E-state index in [0.29, 0.717) is 16.7 Å². The smallest absolute Gasteiger partial charge is 0.338 e. The van der Waals surface area contributed by atoms with E-state index in [1.165, 1.54) is 13.8 Å². The zero-order chi connectivity index (χ0) is 34.5. The zero-order valence-corrected chi connectivity index (χ0v) is 28.1. The highest BCUT2D eigenvalue weighted by Crippen LogP contribution is 2.51. The zero-order valence-electron chi connectivity index (χ0n) is 28.1. The first-order valence-electron chi connectivity index (χ1n) is 15.9. The number of hydrogen-bond donors (Lipinski definition) is 0. The predicted octanol–water partition coefficient (Wildman–Crippen LogP) is 6.46. The van der Waals surface area contributed by atoms with Gasteiger partial charge in [0.05, 0.1) is 17.0 Å². The van der Waals surface area contributed by atoms with Gasteiger partial charge in [-0.25, -0.2) is 9.59 Å². The van der Waals surface area contributed by atoms with Crippen LogP contribution in [0.3, 0.4) is 0 Å². The first kappa shape index (κ1) is 35.3. The van der Waals surface area contributed by atoms with Gasteiger partial charge in [0.15, 0.2) is 5.60 Å². The van der Waals surface area contributed by atoms with Crippen molar-refractivity contribution in [3.05, 3.63) is 95.6 Å². The summed E-state index contributed by atoms with van der Waals surface area (Å²) in [5.74, 6) is -4.29. The van der Waals surface area contributed by atoms with Crippen molar-refractivity contribution < 1.29 is 42.9 Å². The molecule has 0 N–H and O–H groups in total. The number of esters is 4. The van der Waals surface area contributed by atoms with E-state index >= 15 is 0 Å². The topological polar surface area (TPSA) is 122 Å². The summed E-state index contributed by atoms with van der Waals surface area (Å²) in [7, 11) is 0. The molecule has 1 fully saturated rings. The predicted molar refractivity (Wildman–Crippen MR) is 174 cm³/mol. The molecule has 2 aliphatic rings. The van der Waals surface area contributed by atoms with Gasteiger partial charge in [0.1, 0.15) is 24.1 Å². The molecule has 47 heavy (non-hydrogen) atoms. The number of ether oxygens (including phenoxy) is 4. The molecule has 0 aromatic heterocycles. The van der Waals surface area contributed by atoms with Gasteiger partial charge < -0.3 is 18.9 Å². The van der Waals surface area contributed by atoms with Crippen LogP contribution in [-0.2, 0) is 33.3 Å². The molecule has 7 atom stereocenters. The average Bonchev–Trinajstić information content (AvgIpc) is 3.27. The molecule has 250 valence electrons. The summed E-state index contributed by atoms with van der Waals surface area (Å²) in [5.41, 5.74) is -1.30.